The molecule has 0 radical (unpaired) electrons. The molecule has 0 aromatic carbocycles. The van der Waals surface area contributed by atoms with E-state index in [1.165, 1.54) is 0 Å². The van der Waals surface area contributed by atoms with E-state index in [0.29, 0.717) is 19.3 Å². The van der Waals surface area contributed by atoms with E-state index in [1.54, 1.807) is 27.7 Å². The molecule has 5 amide bonds. The fourth-order valence-corrected chi connectivity index (χ4v) is 12.6. The zero-order chi connectivity index (χ0) is 72.2. The highest BCUT2D eigenvalue weighted by atomic mass is 31.2. The lowest BCUT2D eigenvalue weighted by Crippen LogP contribution is -2.58. The standard InChI is InChI=1S/C59H107N5O31P2/c1-35-47(73)50(76)39(27-65)91-55(35)85-20-7-16-61-43(69)13-24-82-30-58(31-83-25-14-44(70)62-17-8-21-86-56-36(2)48(74)51(77)40(28-66)92-56,32-84-26-15-45(71)63-18-9-22-87-57-37(3)49(75)52(78)41(29-67)93-57)64-46(72)12-6-11-42(68)60-19-10-23-89-97(80,81)90-34-59-33-88-53(38(4)94-59)54(59)95-96(5)79/h35-41,47-57,65-67,73-79,96H,5-34H2,1-4H3,(H,60,68)(H,61,69)(H,62,70)(H,63,71)(H,64,72)(H,80,81)/t35?,36?,37?,38-,39?,40?,41?,47+,48+,49+,50-,51-,52-,53-,54-,55+,56+,57+,58?,59+/m0/s1/i96T. The molecule has 21 atom stereocenters. The van der Waals surface area contributed by atoms with Crippen molar-refractivity contribution < 1.29 is 150 Å². The minimum Gasteiger partial charge on any atom is -0.394 e. The number of ether oxygens (including phenoxy) is 11. The van der Waals surface area contributed by atoms with Gasteiger partial charge in [0.1, 0.15) is 69.2 Å². The molecule has 0 spiro atoms. The first kappa shape index (κ1) is 82.8. The maximum atomic E-state index is 13.9. The smallest absolute Gasteiger partial charge is 0.394 e. The Morgan fingerprint density at radius 3 is 1.30 bits per heavy atom. The first-order valence-corrected chi connectivity index (χ1v) is 35.8. The van der Waals surface area contributed by atoms with E-state index in [9.17, 15) is 84.3 Å². The molecular formula is C59H107N5O31P2. The lowest BCUT2D eigenvalue weighted by atomic mass is 9.92. The molecule has 2 bridgehead atoms. The summed E-state index contributed by atoms with van der Waals surface area (Å²) in [6, 6.07) is 0. The molecule has 5 rings (SSSR count). The highest BCUT2D eigenvalue weighted by Gasteiger charge is 2.62. The Hall–Kier alpha value is -3.12. The lowest BCUT2D eigenvalue weighted by Gasteiger charge is -2.40. The van der Waals surface area contributed by atoms with Gasteiger partial charge in [-0.2, -0.15) is 0 Å². The molecule has 5 aliphatic heterocycles. The first-order valence-electron chi connectivity index (χ1n) is 33.3. The summed E-state index contributed by atoms with van der Waals surface area (Å²) in [6.07, 6.45) is -12.1. The summed E-state index contributed by atoms with van der Waals surface area (Å²) < 4.78 is 99.8. The van der Waals surface area contributed by atoms with E-state index < -0.39 is 193 Å². The first-order chi connectivity index (χ1) is 46.5. The quantitative estimate of drug-likeness (QED) is 0.0200. The second-order valence-corrected chi connectivity index (χ2v) is 27.2. The Bertz CT molecular complexity index is 2340. The number of hydrogen-bond acceptors (Lipinski definition) is 30. The highest BCUT2D eigenvalue weighted by molar-refractivity contribution is 7.47. The van der Waals surface area contributed by atoms with Crippen LogP contribution >= 0.6 is 15.8 Å². The third-order valence-electron chi connectivity index (χ3n) is 16.9. The van der Waals surface area contributed by atoms with Crippen molar-refractivity contribution in [2.75, 3.05) is 125 Å². The van der Waals surface area contributed by atoms with Gasteiger partial charge in [0.15, 0.2) is 18.9 Å². The van der Waals surface area contributed by atoms with Crippen LogP contribution in [0, 0.1) is 17.8 Å². The zero-order valence-corrected chi connectivity index (χ0v) is 57.4. The number of fused-ring (bicyclic) bond motifs is 2. The van der Waals surface area contributed by atoms with Crippen molar-refractivity contribution in [3.63, 3.8) is 0 Å². The molecule has 97 heavy (non-hydrogen) atoms. The number of phosphoric ester groups is 1. The SMILES string of the molecule is [3H]P(=C)(O)O[C@H]1[C@H]2OC[C@]1(COP(=O)(O)OCCCNC(=O)CCCC(=O)NC(COCCC(=O)NCCCO[C@@H]1OC(CO)[C@H](O)[C@H](O)C1C)(COCCC(=O)NCCCO[C@@H]1OC(CO)[C@H](O)[C@H](O)C1C)COCCC(=O)NCCCO[C@@H]1OC(CO)[C@H](O)[C@H](O)C1C)O[C@H]2C. The van der Waals surface area contributed by atoms with Gasteiger partial charge in [-0.25, -0.2) is 4.57 Å². The molecule has 564 valence electrons. The molecule has 8 unspecified atom stereocenters. The molecule has 0 aliphatic carbocycles. The van der Waals surface area contributed by atoms with Gasteiger partial charge in [0.05, 0.1) is 124 Å². The second-order valence-electron chi connectivity index (χ2n) is 24.8. The number of rotatable bonds is 48. The Labute approximate surface area is 566 Å². The second kappa shape index (κ2) is 43.1. The molecule has 5 saturated heterocycles. The van der Waals surface area contributed by atoms with Crippen LogP contribution in [0.3, 0.4) is 0 Å². The number of amides is 5. The predicted octanol–water partition coefficient (Wildman–Crippen LogP) is -4.92. The Balaban J connectivity index is 1.14. The number of aliphatic hydroxyl groups is 9. The van der Waals surface area contributed by atoms with E-state index in [4.69, 9.17) is 67.0 Å². The molecule has 0 aromatic rings. The summed E-state index contributed by atoms with van der Waals surface area (Å²) in [5.74, 6) is -4.17. The van der Waals surface area contributed by atoms with Crippen LogP contribution < -0.4 is 26.6 Å². The monoisotopic (exact) mass is 1450 g/mol. The topological polar surface area (TPSA) is 514 Å². The molecule has 5 aliphatic rings. The summed E-state index contributed by atoms with van der Waals surface area (Å²) in [5.41, 5.74) is -2.96. The summed E-state index contributed by atoms with van der Waals surface area (Å²) in [5, 5.41) is 104. The Morgan fingerprint density at radius 1 is 0.557 bits per heavy atom. The molecule has 5 fully saturated rings. The minimum absolute atomic E-state index is 0.00359. The van der Waals surface area contributed by atoms with Gasteiger partial charge in [-0.1, -0.05) is 27.1 Å². The van der Waals surface area contributed by atoms with E-state index >= 15 is 0 Å². The number of nitrogens with one attached hydrogen (secondary N) is 5. The average Bonchev–Trinajstić information content (AvgIpc) is 1.58. The number of hydrogen-bond donors (Lipinski definition) is 16. The van der Waals surface area contributed by atoms with Gasteiger partial charge in [0.2, 0.25) is 29.5 Å². The average molecular weight is 1450 g/mol. The predicted molar refractivity (Wildman–Crippen MR) is 337 cm³/mol. The molecule has 36 nitrogen and oxygen atoms in total. The van der Waals surface area contributed by atoms with Gasteiger partial charge in [0.25, 0.3) is 0 Å². The summed E-state index contributed by atoms with van der Waals surface area (Å²) in [7, 11) is -8.46. The molecule has 38 heteroatoms. The van der Waals surface area contributed by atoms with E-state index in [-0.39, 0.29) is 144 Å². The van der Waals surface area contributed by atoms with Crippen LogP contribution in [0.5, 0.6) is 0 Å². The van der Waals surface area contributed by atoms with Crippen molar-refractivity contribution in [3.05, 3.63) is 0 Å². The maximum Gasteiger partial charge on any atom is 0.472 e. The van der Waals surface area contributed by atoms with Crippen molar-refractivity contribution in [2.45, 2.75) is 195 Å². The van der Waals surface area contributed by atoms with Crippen LogP contribution in [-0.4, -0.2) is 321 Å². The summed E-state index contributed by atoms with van der Waals surface area (Å²) in [4.78, 5) is 86.2. The van der Waals surface area contributed by atoms with Gasteiger partial charge in [-0.15, -0.1) is 0 Å². The minimum atomic E-state index is -4.69. The largest absolute Gasteiger partial charge is 0.472 e. The van der Waals surface area contributed by atoms with Crippen LogP contribution in [0.4, 0.5) is 0 Å². The van der Waals surface area contributed by atoms with Gasteiger partial charge in [0, 0.05) is 76.0 Å². The van der Waals surface area contributed by atoms with Crippen LogP contribution in [0.25, 0.3) is 0 Å². The van der Waals surface area contributed by atoms with Crippen molar-refractivity contribution in [1.82, 2.24) is 26.6 Å². The van der Waals surface area contributed by atoms with Crippen molar-refractivity contribution in [2.24, 2.45) is 17.8 Å². The van der Waals surface area contributed by atoms with Crippen LogP contribution in [-0.2, 0) is 94.2 Å². The zero-order valence-electron chi connectivity index (χ0n) is 56.6. The number of carbonyl (C=O) groups is 5. The van der Waals surface area contributed by atoms with E-state index in [1.807, 2.05) is 0 Å². The lowest BCUT2D eigenvalue weighted by molar-refractivity contribution is -0.282. The maximum absolute atomic E-state index is 13.9. The molecule has 0 aromatic heterocycles. The normalized spacial score (nSPS) is 33.0. The van der Waals surface area contributed by atoms with Gasteiger partial charge in [-0.05, 0) is 39.0 Å². The van der Waals surface area contributed by atoms with Crippen LogP contribution in [0.2, 0.25) is 0 Å². The molecule has 0 saturated carbocycles. The Morgan fingerprint density at radius 2 is 0.928 bits per heavy atom. The van der Waals surface area contributed by atoms with Gasteiger partial charge in [-0.3, -0.25) is 33.0 Å². The van der Waals surface area contributed by atoms with Crippen LogP contribution in [0.1, 0.15) is 91.9 Å². The van der Waals surface area contributed by atoms with Crippen LogP contribution in [0.15, 0.2) is 0 Å². The molecule has 16 N–H and O–H groups in total. The molecule has 5 heterocycles. The highest BCUT2D eigenvalue weighted by Crippen LogP contribution is 2.50. The Kier molecular flexibility index (Phi) is 36.8. The third kappa shape index (κ3) is 27.5. The summed E-state index contributed by atoms with van der Waals surface area (Å²) >= 11 is 0. The number of carbonyl (C=O) groups excluding carboxylic acids is 5. The molecular weight excluding hydrogens is 1340 g/mol. The number of aliphatic hydroxyl groups excluding tert-OH is 9. The fourth-order valence-electron chi connectivity index (χ4n) is 11.2. The van der Waals surface area contributed by atoms with Crippen molar-refractivity contribution in [3.8, 4) is 0 Å². The third-order valence-corrected chi connectivity index (χ3v) is 18.4. The van der Waals surface area contributed by atoms with E-state index in [0.717, 1.165) is 0 Å². The van der Waals surface area contributed by atoms with Gasteiger partial charge < -0.3 is 139 Å². The van der Waals surface area contributed by atoms with Gasteiger partial charge >= 0.3 is 7.82 Å². The fraction of sp³-hybridized carbons (Fsp3) is 0.898. The van der Waals surface area contributed by atoms with Crippen molar-refractivity contribution >= 4 is 51.6 Å². The van der Waals surface area contributed by atoms with Crippen molar-refractivity contribution in [1.29, 1.82) is 1.28 Å². The van der Waals surface area contributed by atoms with E-state index in [2.05, 4.69) is 32.9 Å². The number of phosphoric acid groups is 1. The summed E-state index contributed by atoms with van der Waals surface area (Å²) in [6.45, 7) is 3.12.